The summed E-state index contributed by atoms with van der Waals surface area (Å²) in [7, 11) is 1.69. The second kappa shape index (κ2) is 7.35. The number of halogens is 1. The first kappa shape index (κ1) is 16.3. The molecular weight excluding hydrogens is 310 g/mol. The zero-order valence-electron chi connectivity index (χ0n) is 13.3. The van der Waals surface area contributed by atoms with E-state index < -0.39 is 0 Å². The largest absolute Gasteiger partial charge is 0.496 e. The molecule has 1 N–H and O–H groups in total. The molecule has 0 spiro atoms. The predicted molar refractivity (Wildman–Crippen MR) is 94.0 cm³/mol. The molecule has 0 aromatic heterocycles. The number of methoxy groups -OCH3 is 1. The number of hydrogen-bond donors (Lipinski definition) is 1. The molecule has 0 amide bonds. The third kappa shape index (κ3) is 4.05. The maximum absolute atomic E-state index is 9.62. The second-order valence-electron chi connectivity index (χ2n) is 6.05. The van der Waals surface area contributed by atoms with Crippen LogP contribution in [0.2, 0.25) is 5.02 Å². The summed E-state index contributed by atoms with van der Waals surface area (Å²) >= 11 is 6.13. The molecule has 1 aliphatic heterocycles. The monoisotopic (exact) mass is 331 g/mol. The molecule has 1 aliphatic rings. The van der Waals surface area contributed by atoms with E-state index in [-0.39, 0.29) is 6.10 Å². The van der Waals surface area contributed by atoms with Gasteiger partial charge in [0.05, 0.1) is 13.2 Å². The van der Waals surface area contributed by atoms with Gasteiger partial charge in [0, 0.05) is 30.2 Å². The predicted octanol–water partition coefficient (Wildman–Crippen LogP) is 3.97. The van der Waals surface area contributed by atoms with Crippen molar-refractivity contribution in [2.75, 3.05) is 20.2 Å². The Hall–Kier alpha value is -1.55. The fraction of sp³-hybridized carbons (Fsp3) is 0.368. The average Bonchev–Trinajstić information content (AvgIpc) is 2.57. The van der Waals surface area contributed by atoms with Crippen molar-refractivity contribution in [1.29, 1.82) is 0 Å². The van der Waals surface area contributed by atoms with E-state index in [0.717, 1.165) is 54.4 Å². The highest BCUT2D eigenvalue weighted by Gasteiger charge is 2.17. The van der Waals surface area contributed by atoms with E-state index in [4.69, 9.17) is 16.3 Å². The molecule has 2 aromatic rings. The Morgan fingerprint density at radius 2 is 1.96 bits per heavy atom. The van der Waals surface area contributed by atoms with Crippen LogP contribution >= 0.6 is 11.6 Å². The normalized spacial score (nSPS) is 16.5. The quantitative estimate of drug-likeness (QED) is 0.920. The van der Waals surface area contributed by atoms with Gasteiger partial charge in [-0.1, -0.05) is 29.8 Å². The molecule has 0 unspecified atom stereocenters. The Morgan fingerprint density at radius 1 is 1.17 bits per heavy atom. The number of aliphatic hydroxyl groups is 1. The molecule has 1 fully saturated rings. The van der Waals surface area contributed by atoms with Crippen LogP contribution in [0.25, 0.3) is 11.1 Å². The van der Waals surface area contributed by atoms with Crippen LogP contribution in [0.1, 0.15) is 18.4 Å². The van der Waals surface area contributed by atoms with Crippen molar-refractivity contribution in [1.82, 2.24) is 4.90 Å². The first-order chi connectivity index (χ1) is 11.2. The minimum absolute atomic E-state index is 0.135. The van der Waals surface area contributed by atoms with Crippen LogP contribution in [0.5, 0.6) is 5.75 Å². The Bertz CT molecular complexity index is 666. The van der Waals surface area contributed by atoms with Crippen molar-refractivity contribution in [3.05, 3.63) is 53.1 Å². The van der Waals surface area contributed by atoms with Crippen LogP contribution < -0.4 is 4.74 Å². The number of rotatable bonds is 4. The van der Waals surface area contributed by atoms with E-state index in [9.17, 15) is 5.11 Å². The summed E-state index contributed by atoms with van der Waals surface area (Å²) < 4.78 is 5.51. The second-order valence-corrected chi connectivity index (χ2v) is 6.49. The van der Waals surface area contributed by atoms with E-state index in [1.807, 2.05) is 30.3 Å². The Kier molecular flexibility index (Phi) is 5.21. The van der Waals surface area contributed by atoms with Gasteiger partial charge in [0.2, 0.25) is 0 Å². The maximum Gasteiger partial charge on any atom is 0.126 e. The van der Waals surface area contributed by atoms with Gasteiger partial charge in [-0.25, -0.2) is 0 Å². The van der Waals surface area contributed by atoms with Crippen molar-refractivity contribution >= 4 is 11.6 Å². The van der Waals surface area contributed by atoms with Gasteiger partial charge in [-0.15, -0.1) is 0 Å². The van der Waals surface area contributed by atoms with E-state index >= 15 is 0 Å². The molecule has 1 saturated heterocycles. The van der Waals surface area contributed by atoms with Crippen LogP contribution in [0.15, 0.2) is 42.5 Å². The van der Waals surface area contributed by atoms with Crippen molar-refractivity contribution < 1.29 is 9.84 Å². The third-order valence-electron chi connectivity index (χ3n) is 4.36. The topological polar surface area (TPSA) is 32.7 Å². The summed E-state index contributed by atoms with van der Waals surface area (Å²) in [6.07, 6.45) is 1.58. The van der Waals surface area contributed by atoms with Crippen LogP contribution in [0.4, 0.5) is 0 Å². The van der Waals surface area contributed by atoms with Crippen LogP contribution in [0.3, 0.4) is 0 Å². The number of piperidine rings is 1. The van der Waals surface area contributed by atoms with Gasteiger partial charge < -0.3 is 9.84 Å². The zero-order chi connectivity index (χ0) is 16.2. The lowest BCUT2D eigenvalue weighted by Crippen LogP contribution is -2.35. The van der Waals surface area contributed by atoms with E-state index in [1.165, 1.54) is 5.56 Å². The number of ether oxygens (including phenoxy) is 1. The fourth-order valence-electron chi connectivity index (χ4n) is 3.07. The standard InChI is InChI=1S/C19H22ClNO2/c1-23-19-6-5-14(13-21-9-7-17(22)8-10-21)11-18(19)15-3-2-4-16(20)12-15/h2-6,11-12,17,22H,7-10,13H2,1H3. The number of nitrogens with zero attached hydrogens (tertiary/aromatic N) is 1. The zero-order valence-corrected chi connectivity index (χ0v) is 14.1. The number of aliphatic hydroxyl groups excluding tert-OH is 1. The Labute approximate surface area is 142 Å². The Morgan fingerprint density at radius 3 is 2.65 bits per heavy atom. The SMILES string of the molecule is COc1ccc(CN2CCC(O)CC2)cc1-c1cccc(Cl)c1. The molecule has 0 atom stereocenters. The molecule has 0 bridgehead atoms. The molecule has 0 saturated carbocycles. The van der Waals surface area contributed by atoms with Gasteiger partial charge >= 0.3 is 0 Å². The summed E-state index contributed by atoms with van der Waals surface area (Å²) in [5.74, 6) is 0.852. The van der Waals surface area contributed by atoms with Crippen LogP contribution in [-0.4, -0.2) is 36.3 Å². The lowest BCUT2D eigenvalue weighted by atomic mass is 10.0. The van der Waals surface area contributed by atoms with Crippen LogP contribution in [0, 0.1) is 0 Å². The number of benzene rings is 2. The van der Waals surface area contributed by atoms with Gasteiger partial charge in [-0.3, -0.25) is 4.90 Å². The highest BCUT2D eigenvalue weighted by molar-refractivity contribution is 6.30. The Balaban J connectivity index is 1.84. The van der Waals surface area contributed by atoms with E-state index in [2.05, 4.69) is 17.0 Å². The van der Waals surface area contributed by atoms with Crippen molar-refractivity contribution in [3.8, 4) is 16.9 Å². The minimum atomic E-state index is -0.135. The van der Waals surface area contributed by atoms with E-state index in [0.29, 0.717) is 0 Å². The van der Waals surface area contributed by atoms with Gasteiger partial charge in [0.1, 0.15) is 5.75 Å². The van der Waals surface area contributed by atoms with Gasteiger partial charge in [0.15, 0.2) is 0 Å². The molecule has 1 heterocycles. The summed E-state index contributed by atoms with van der Waals surface area (Å²) in [6.45, 7) is 2.78. The highest BCUT2D eigenvalue weighted by atomic mass is 35.5. The highest BCUT2D eigenvalue weighted by Crippen LogP contribution is 2.32. The first-order valence-electron chi connectivity index (χ1n) is 7.99. The van der Waals surface area contributed by atoms with Crippen molar-refractivity contribution in [2.24, 2.45) is 0 Å². The summed E-state index contributed by atoms with van der Waals surface area (Å²) in [5, 5.41) is 10.3. The molecule has 122 valence electrons. The van der Waals surface area contributed by atoms with Crippen LogP contribution in [-0.2, 0) is 6.54 Å². The summed E-state index contributed by atoms with van der Waals surface area (Å²) in [4.78, 5) is 2.39. The summed E-state index contributed by atoms with van der Waals surface area (Å²) in [6, 6.07) is 14.1. The number of hydrogen-bond acceptors (Lipinski definition) is 3. The minimum Gasteiger partial charge on any atom is -0.496 e. The molecular formula is C19H22ClNO2. The van der Waals surface area contributed by atoms with Gasteiger partial charge in [-0.05, 0) is 48.2 Å². The molecule has 3 rings (SSSR count). The van der Waals surface area contributed by atoms with Gasteiger partial charge in [-0.2, -0.15) is 0 Å². The summed E-state index contributed by atoms with van der Waals surface area (Å²) in [5.41, 5.74) is 3.37. The smallest absolute Gasteiger partial charge is 0.126 e. The average molecular weight is 332 g/mol. The molecule has 0 radical (unpaired) electrons. The number of likely N-dealkylation sites (tertiary alicyclic amines) is 1. The third-order valence-corrected chi connectivity index (χ3v) is 4.60. The maximum atomic E-state index is 9.62. The van der Waals surface area contributed by atoms with Crippen molar-refractivity contribution in [2.45, 2.75) is 25.5 Å². The lowest BCUT2D eigenvalue weighted by Gasteiger charge is -2.29. The molecule has 0 aliphatic carbocycles. The fourth-order valence-corrected chi connectivity index (χ4v) is 3.26. The lowest BCUT2D eigenvalue weighted by molar-refractivity contribution is 0.0792. The molecule has 4 heteroatoms. The van der Waals surface area contributed by atoms with E-state index in [1.54, 1.807) is 7.11 Å². The first-order valence-corrected chi connectivity index (χ1v) is 8.37. The van der Waals surface area contributed by atoms with Crippen molar-refractivity contribution in [3.63, 3.8) is 0 Å². The molecule has 2 aromatic carbocycles. The molecule has 23 heavy (non-hydrogen) atoms. The van der Waals surface area contributed by atoms with Gasteiger partial charge in [0.25, 0.3) is 0 Å². The molecule has 3 nitrogen and oxygen atoms in total.